The number of benzene rings is 1. The Kier molecular flexibility index (Phi) is 5.59. The number of hydrogen-bond acceptors (Lipinski definition) is 4. The number of anilines is 1. The van der Waals surface area contributed by atoms with Gasteiger partial charge >= 0.3 is 0 Å². The molecule has 1 aliphatic heterocycles. The topological polar surface area (TPSA) is 44.8 Å². The molecule has 0 radical (unpaired) electrons. The highest BCUT2D eigenvalue weighted by Gasteiger charge is 2.14. The number of morpholine rings is 1. The van der Waals surface area contributed by atoms with Crippen LogP contribution in [0.4, 0.5) is 5.69 Å². The third-order valence-electron chi connectivity index (χ3n) is 3.74. The van der Waals surface area contributed by atoms with Crippen molar-refractivity contribution in [2.45, 2.75) is 19.5 Å². The van der Waals surface area contributed by atoms with Crippen LogP contribution >= 0.6 is 0 Å². The zero-order valence-corrected chi connectivity index (χ0v) is 13.1. The zero-order valence-electron chi connectivity index (χ0n) is 13.1. The van der Waals surface area contributed by atoms with Crippen molar-refractivity contribution in [1.82, 2.24) is 10.2 Å². The second kappa shape index (κ2) is 7.43. The molecule has 1 aromatic rings. The molecule has 5 nitrogen and oxygen atoms in total. The van der Waals surface area contributed by atoms with Gasteiger partial charge in [-0.05, 0) is 24.6 Å². The molecule has 0 aliphatic carbocycles. The monoisotopic (exact) mass is 291 g/mol. The molecule has 1 amide bonds. The molecule has 5 heteroatoms. The highest BCUT2D eigenvalue weighted by molar-refractivity contribution is 5.80. The molecule has 0 bridgehead atoms. The van der Waals surface area contributed by atoms with E-state index in [1.165, 1.54) is 11.3 Å². The van der Waals surface area contributed by atoms with Gasteiger partial charge in [-0.3, -0.25) is 4.79 Å². The van der Waals surface area contributed by atoms with Gasteiger partial charge in [0.25, 0.3) is 0 Å². The van der Waals surface area contributed by atoms with Gasteiger partial charge < -0.3 is 19.9 Å². The first-order chi connectivity index (χ1) is 10.1. The van der Waals surface area contributed by atoms with Crippen LogP contribution < -0.4 is 10.2 Å². The van der Waals surface area contributed by atoms with Gasteiger partial charge in [0.15, 0.2) is 0 Å². The Hall–Kier alpha value is -1.59. The number of carbonyl (C=O) groups excluding carboxylic acids is 1. The lowest BCUT2D eigenvalue weighted by Gasteiger charge is -2.29. The molecule has 1 unspecified atom stereocenters. The molecule has 1 heterocycles. The van der Waals surface area contributed by atoms with Gasteiger partial charge in [0.05, 0.1) is 19.3 Å². The Labute approximate surface area is 126 Å². The maximum Gasteiger partial charge on any atom is 0.238 e. The van der Waals surface area contributed by atoms with Gasteiger partial charge in [0.1, 0.15) is 0 Å². The predicted molar refractivity (Wildman–Crippen MR) is 84.5 cm³/mol. The van der Waals surface area contributed by atoms with E-state index in [4.69, 9.17) is 4.74 Å². The van der Waals surface area contributed by atoms with Crippen LogP contribution in [0.3, 0.4) is 0 Å². The van der Waals surface area contributed by atoms with Crippen molar-refractivity contribution in [3.63, 3.8) is 0 Å². The fraction of sp³-hybridized carbons (Fsp3) is 0.562. The Morgan fingerprint density at radius 1 is 1.29 bits per heavy atom. The standard InChI is InChI=1S/C16H25N3O2/c1-13(16(20)18(2)3)17-12-14-4-6-15(7-5-14)19-8-10-21-11-9-19/h4-7,13,17H,8-12H2,1-3H3. The van der Waals surface area contributed by atoms with E-state index in [1.807, 2.05) is 6.92 Å². The lowest BCUT2D eigenvalue weighted by molar-refractivity contribution is -0.130. The minimum absolute atomic E-state index is 0.0972. The molecule has 116 valence electrons. The van der Waals surface area contributed by atoms with Crippen molar-refractivity contribution in [2.24, 2.45) is 0 Å². The average molecular weight is 291 g/mol. The fourth-order valence-electron chi connectivity index (χ4n) is 2.39. The molecule has 1 aromatic carbocycles. The summed E-state index contributed by atoms with van der Waals surface area (Å²) in [4.78, 5) is 15.7. The largest absolute Gasteiger partial charge is 0.378 e. The molecule has 0 spiro atoms. The van der Waals surface area contributed by atoms with Crippen molar-refractivity contribution in [3.05, 3.63) is 29.8 Å². The summed E-state index contributed by atoms with van der Waals surface area (Å²) >= 11 is 0. The lowest BCUT2D eigenvalue weighted by Crippen LogP contribution is -2.41. The summed E-state index contributed by atoms with van der Waals surface area (Å²) in [6.07, 6.45) is 0. The number of amides is 1. The first kappa shape index (κ1) is 15.8. The van der Waals surface area contributed by atoms with E-state index in [9.17, 15) is 4.79 Å². The zero-order chi connectivity index (χ0) is 15.2. The number of nitrogens with one attached hydrogen (secondary N) is 1. The van der Waals surface area contributed by atoms with Gasteiger partial charge in [-0.2, -0.15) is 0 Å². The molecule has 1 N–H and O–H groups in total. The minimum Gasteiger partial charge on any atom is -0.378 e. The predicted octanol–water partition coefficient (Wildman–Crippen LogP) is 1.09. The number of nitrogens with zero attached hydrogens (tertiary/aromatic N) is 2. The van der Waals surface area contributed by atoms with Crippen LogP contribution in [0.1, 0.15) is 12.5 Å². The summed E-state index contributed by atoms with van der Waals surface area (Å²) in [5, 5.41) is 3.25. The van der Waals surface area contributed by atoms with Gasteiger partial charge in [0.2, 0.25) is 5.91 Å². The highest BCUT2D eigenvalue weighted by atomic mass is 16.5. The van der Waals surface area contributed by atoms with Crippen LogP contribution in [0.5, 0.6) is 0 Å². The fourth-order valence-corrected chi connectivity index (χ4v) is 2.39. The summed E-state index contributed by atoms with van der Waals surface area (Å²) in [5.41, 5.74) is 2.42. The third-order valence-corrected chi connectivity index (χ3v) is 3.74. The van der Waals surface area contributed by atoms with Crippen molar-refractivity contribution >= 4 is 11.6 Å². The molecule has 21 heavy (non-hydrogen) atoms. The molecular formula is C16H25N3O2. The summed E-state index contributed by atoms with van der Waals surface area (Å²) in [7, 11) is 3.55. The highest BCUT2D eigenvalue weighted by Crippen LogP contribution is 2.16. The minimum atomic E-state index is -0.168. The van der Waals surface area contributed by atoms with E-state index in [0.717, 1.165) is 26.3 Å². The molecule has 1 atom stereocenters. The van der Waals surface area contributed by atoms with E-state index >= 15 is 0 Å². The first-order valence-corrected chi connectivity index (χ1v) is 7.44. The van der Waals surface area contributed by atoms with Crippen LogP contribution in [0, 0.1) is 0 Å². The van der Waals surface area contributed by atoms with Crippen molar-refractivity contribution in [3.8, 4) is 0 Å². The Balaban J connectivity index is 1.86. The van der Waals surface area contributed by atoms with E-state index in [0.29, 0.717) is 6.54 Å². The average Bonchev–Trinajstić information content (AvgIpc) is 2.53. The van der Waals surface area contributed by atoms with Crippen LogP contribution in [0.25, 0.3) is 0 Å². The van der Waals surface area contributed by atoms with Crippen LogP contribution in [-0.4, -0.2) is 57.2 Å². The number of hydrogen-bond donors (Lipinski definition) is 1. The smallest absolute Gasteiger partial charge is 0.238 e. The third kappa shape index (κ3) is 4.44. The Morgan fingerprint density at radius 2 is 1.90 bits per heavy atom. The second-order valence-corrected chi connectivity index (χ2v) is 5.60. The van der Waals surface area contributed by atoms with Gasteiger partial charge in [-0.1, -0.05) is 12.1 Å². The summed E-state index contributed by atoms with van der Waals surface area (Å²) in [5.74, 6) is 0.0972. The quantitative estimate of drug-likeness (QED) is 0.882. The molecule has 0 saturated carbocycles. The summed E-state index contributed by atoms with van der Waals surface area (Å²) in [6, 6.07) is 8.34. The van der Waals surface area contributed by atoms with E-state index < -0.39 is 0 Å². The number of rotatable bonds is 5. The molecule has 0 aromatic heterocycles. The van der Waals surface area contributed by atoms with Crippen LogP contribution in [-0.2, 0) is 16.1 Å². The maximum absolute atomic E-state index is 11.8. The van der Waals surface area contributed by atoms with Gasteiger partial charge in [0, 0.05) is 39.4 Å². The van der Waals surface area contributed by atoms with Crippen LogP contribution in [0.15, 0.2) is 24.3 Å². The van der Waals surface area contributed by atoms with Gasteiger partial charge in [-0.25, -0.2) is 0 Å². The SMILES string of the molecule is CC(NCc1ccc(N2CCOCC2)cc1)C(=O)N(C)C. The molecular weight excluding hydrogens is 266 g/mol. The van der Waals surface area contributed by atoms with E-state index in [2.05, 4.69) is 34.5 Å². The summed E-state index contributed by atoms with van der Waals surface area (Å²) < 4.78 is 5.36. The number of likely N-dealkylation sites (N-methyl/N-ethyl adjacent to an activating group) is 1. The van der Waals surface area contributed by atoms with Crippen molar-refractivity contribution < 1.29 is 9.53 Å². The molecule has 2 rings (SSSR count). The van der Waals surface area contributed by atoms with Crippen molar-refractivity contribution in [1.29, 1.82) is 0 Å². The Bertz CT molecular complexity index is 453. The molecule has 1 aliphatic rings. The first-order valence-electron chi connectivity index (χ1n) is 7.44. The molecule has 1 fully saturated rings. The number of carbonyl (C=O) groups is 1. The summed E-state index contributed by atoms with van der Waals surface area (Å²) in [6.45, 7) is 6.09. The normalized spacial score (nSPS) is 16.6. The molecule has 1 saturated heterocycles. The van der Waals surface area contributed by atoms with E-state index in [-0.39, 0.29) is 11.9 Å². The number of ether oxygens (including phenoxy) is 1. The van der Waals surface area contributed by atoms with Gasteiger partial charge in [-0.15, -0.1) is 0 Å². The van der Waals surface area contributed by atoms with Crippen LogP contribution in [0.2, 0.25) is 0 Å². The lowest BCUT2D eigenvalue weighted by atomic mass is 10.1. The van der Waals surface area contributed by atoms with E-state index in [1.54, 1.807) is 19.0 Å². The second-order valence-electron chi connectivity index (χ2n) is 5.60. The maximum atomic E-state index is 11.8. The Morgan fingerprint density at radius 3 is 2.48 bits per heavy atom. The van der Waals surface area contributed by atoms with Crippen molar-refractivity contribution in [2.75, 3.05) is 45.3 Å².